The number of aliphatic carboxylic acids is 1. The summed E-state index contributed by atoms with van der Waals surface area (Å²) >= 11 is 0. The van der Waals surface area contributed by atoms with E-state index in [4.69, 9.17) is 9.84 Å². The first kappa shape index (κ1) is 13.6. The lowest BCUT2D eigenvalue weighted by Gasteiger charge is -2.12. The molecule has 3 heteroatoms. The Balaban J connectivity index is 2.73. The van der Waals surface area contributed by atoms with Crippen LogP contribution >= 0.6 is 0 Å². The van der Waals surface area contributed by atoms with Crippen molar-refractivity contribution in [3.05, 3.63) is 29.8 Å². The van der Waals surface area contributed by atoms with Gasteiger partial charge in [0.15, 0.2) is 0 Å². The third kappa shape index (κ3) is 4.10. The fraction of sp³-hybridized carbons (Fsp3) is 0.500. The topological polar surface area (TPSA) is 46.5 Å². The number of carbonyl (C=O) groups is 1. The number of ether oxygens (including phenoxy) is 1. The molecule has 0 aliphatic carbocycles. The zero-order valence-corrected chi connectivity index (χ0v) is 10.5. The quantitative estimate of drug-likeness (QED) is 0.788. The van der Waals surface area contributed by atoms with E-state index in [2.05, 4.69) is 6.92 Å². The second-order valence-electron chi connectivity index (χ2n) is 4.10. The molecule has 3 nitrogen and oxygen atoms in total. The van der Waals surface area contributed by atoms with Gasteiger partial charge in [-0.15, -0.1) is 0 Å². The van der Waals surface area contributed by atoms with Gasteiger partial charge in [0.25, 0.3) is 0 Å². The van der Waals surface area contributed by atoms with Gasteiger partial charge in [0.1, 0.15) is 5.75 Å². The highest BCUT2D eigenvalue weighted by molar-refractivity contribution is 5.76. The minimum absolute atomic E-state index is 0.403. The number of carboxylic acid groups (broad SMARTS) is 1. The van der Waals surface area contributed by atoms with Crippen LogP contribution in [0.3, 0.4) is 0 Å². The van der Waals surface area contributed by atoms with E-state index in [0.29, 0.717) is 13.0 Å². The lowest BCUT2D eigenvalue weighted by atomic mass is 9.95. The van der Waals surface area contributed by atoms with Crippen LogP contribution in [-0.4, -0.2) is 17.7 Å². The summed E-state index contributed by atoms with van der Waals surface area (Å²) in [5.74, 6) is -0.356. The first-order valence-electron chi connectivity index (χ1n) is 6.14. The molecule has 1 rings (SSSR count). The van der Waals surface area contributed by atoms with Crippen molar-refractivity contribution in [3.8, 4) is 5.75 Å². The van der Waals surface area contributed by atoms with Crippen LogP contribution < -0.4 is 4.74 Å². The lowest BCUT2D eigenvalue weighted by Crippen LogP contribution is -2.11. The Bertz CT molecular complexity index is 343. The molecule has 0 amide bonds. The first-order chi connectivity index (χ1) is 8.19. The largest absolute Gasteiger partial charge is 0.494 e. The summed E-state index contributed by atoms with van der Waals surface area (Å²) in [5.41, 5.74) is 0.850. The van der Waals surface area contributed by atoms with Gasteiger partial charge in [0.05, 0.1) is 12.5 Å². The zero-order valence-electron chi connectivity index (χ0n) is 10.5. The van der Waals surface area contributed by atoms with Gasteiger partial charge in [-0.3, -0.25) is 4.79 Å². The van der Waals surface area contributed by atoms with E-state index in [1.165, 1.54) is 0 Å². The molecule has 1 aromatic carbocycles. The number of hydrogen-bond donors (Lipinski definition) is 1. The van der Waals surface area contributed by atoms with Gasteiger partial charge in [-0.25, -0.2) is 0 Å². The minimum atomic E-state index is -0.755. The van der Waals surface area contributed by atoms with Gasteiger partial charge in [-0.1, -0.05) is 32.4 Å². The first-order valence-corrected chi connectivity index (χ1v) is 6.14. The van der Waals surface area contributed by atoms with Crippen molar-refractivity contribution < 1.29 is 14.6 Å². The summed E-state index contributed by atoms with van der Waals surface area (Å²) in [5, 5.41) is 9.14. The molecule has 1 N–H and O–H groups in total. The standard InChI is InChI=1S/C14H20O3/c1-3-5-13(14(15)16)11-6-8-12(9-7-11)17-10-4-2/h6-9,13H,3-5,10H2,1-2H3,(H,15,16). The second-order valence-corrected chi connectivity index (χ2v) is 4.10. The van der Waals surface area contributed by atoms with Gasteiger partial charge < -0.3 is 9.84 Å². The molecule has 0 aliphatic heterocycles. The van der Waals surface area contributed by atoms with Crippen LogP contribution in [0.15, 0.2) is 24.3 Å². The molecular weight excluding hydrogens is 216 g/mol. The number of rotatable bonds is 7. The molecule has 94 valence electrons. The second kappa shape index (κ2) is 6.94. The molecular formula is C14H20O3. The Morgan fingerprint density at radius 1 is 1.24 bits per heavy atom. The summed E-state index contributed by atoms with van der Waals surface area (Å²) in [7, 11) is 0. The van der Waals surface area contributed by atoms with Crippen LogP contribution in [0.4, 0.5) is 0 Å². The fourth-order valence-corrected chi connectivity index (χ4v) is 1.74. The summed E-state index contributed by atoms with van der Waals surface area (Å²) in [4.78, 5) is 11.1. The van der Waals surface area contributed by atoms with Crippen molar-refractivity contribution in [2.75, 3.05) is 6.61 Å². The highest BCUT2D eigenvalue weighted by Gasteiger charge is 2.18. The smallest absolute Gasteiger partial charge is 0.310 e. The number of carboxylic acids is 1. The van der Waals surface area contributed by atoms with Crippen molar-refractivity contribution >= 4 is 5.97 Å². The molecule has 0 radical (unpaired) electrons. The molecule has 0 heterocycles. The van der Waals surface area contributed by atoms with Crippen LogP contribution in [0.25, 0.3) is 0 Å². The zero-order chi connectivity index (χ0) is 12.7. The monoisotopic (exact) mass is 236 g/mol. The van der Waals surface area contributed by atoms with E-state index < -0.39 is 11.9 Å². The van der Waals surface area contributed by atoms with Crippen LogP contribution in [0.2, 0.25) is 0 Å². The van der Waals surface area contributed by atoms with Gasteiger partial charge in [-0.2, -0.15) is 0 Å². The van der Waals surface area contributed by atoms with E-state index >= 15 is 0 Å². The highest BCUT2D eigenvalue weighted by Crippen LogP contribution is 2.24. The normalized spacial score (nSPS) is 12.1. The average Bonchev–Trinajstić information content (AvgIpc) is 2.34. The summed E-state index contributed by atoms with van der Waals surface area (Å²) < 4.78 is 5.46. The van der Waals surface area contributed by atoms with Gasteiger partial charge in [0.2, 0.25) is 0 Å². The molecule has 0 saturated carbocycles. The SMILES string of the molecule is CCCOc1ccc(C(CCC)C(=O)O)cc1. The van der Waals surface area contributed by atoms with E-state index in [9.17, 15) is 4.79 Å². The number of hydrogen-bond acceptors (Lipinski definition) is 2. The average molecular weight is 236 g/mol. The third-order valence-corrected chi connectivity index (χ3v) is 2.63. The van der Waals surface area contributed by atoms with E-state index in [-0.39, 0.29) is 0 Å². The maximum atomic E-state index is 11.1. The molecule has 0 aromatic heterocycles. The van der Waals surface area contributed by atoms with Crippen molar-refractivity contribution in [3.63, 3.8) is 0 Å². The molecule has 17 heavy (non-hydrogen) atoms. The maximum Gasteiger partial charge on any atom is 0.310 e. The van der Waals surface area contributed by atoms with Gasteiger partial charge >= 0.3 is 5.97 Å². The van der Waals surface area contributed by atoms with Crippen LogP contribution in [0, 0.1) is 0 Å². The van der Waals surface area contributed by atoms with Gasteiger partial charge in [0, 0.05) is 0 Å². The van der Waals surface area contributed by atoms with Crippen LogP contribution in [0.1, 0.15) is 44.6 Å². The summed E-state index contributed by atoms with van der Waals surface area (Å²) in [6.07, 6.45) is 2.50. The Kier molecular flexibility index (Phi) is 5.53. The highest BCUT2D eigenvalue weighted by atomic mass is 16.5. The Hall–Kier alpha value is -1.51. The van der Waals surface area contributed by atoms with Crippen LogP contribution in [-0.2, 0) is 4.79 Å². The van der Waals surface area contributed by atoms with Crippen LogP contribution in [0.5, 0.6) is 5.75 Å². The predicted octanol–water partition coefficient (Wildman–Crippen LogP) is 3.44. The molecule has 0 aliphatic rings. The molecule has 0 saturated heterocycles. The van der Waals surface area contributed by atoms with Crippen molar-refractivity contribution in [2.24, 2.45) is 0 Å². The Labute approximate surface area is 102 Å². The van der Waals surface area contributed by atoms with E-state index in [1.54, 1.807) is 0 Å². The molecule has 1 atom stereocenters. The Morgan fingerprint density at radius 2 is 1.88 bits per heavy atom. The third-order valence-electron chi connectivity index (χ3n) is 2.63. The molecule has 0 spiro atoms. The lowest BCUT2D eigenvalue weighted by molar-refractivity contribution is -0.139. The fourth-order valence-electron chi connectivity index (χ4n) is 1.74. The Morgan fingerprint density at radius 3 is 2.35 bits per heavy atom. The van der Waals surface area contributed by atoms with Crippen molar-refractivity contribution in [2.45, 2.75) is 39.0 Å². The maximum absolute atomic E-state index is 11.1. The summed E-state index contributed by atoms with van der Waals surface area (Å²) in [6, 6.07) is 7.38. The van der Waals surface area contributed by atoms with Crippen molar-refractivity contribution in [1.29, 1.82) is 0 Å². The van der Waals surface area contributed by atoms with E-state index in [0.717, 1.165) is 24.2 Å². The molecule has 0 bridgehead atoms. The summed E-state index contributed by atoms with van der Waals surface area (Å²) in [6.45, 7) is 4.74. The number of benzene rings is 1. The van der Waals surface area contributed by atoms with Gasteiger partial charge in [-0.05, 0) is 30.5 Å². The van der Waals surface area contributed by atoms with Crippen molar-refractivity contribution in [1.82, 2.24) is 0 Å². The molecule has 0 fully saturated rings. The molecule has 1 unspecified atom stereocenters. The van der Waals surface area contributed by atoms with E-state index in [1.807, 2.05) is 31.2 Å². The predicted molar refractivity (Wildman–Crippen MR) is 67.5 cm³/mol. The molecule has 1 aromatic rings. The minimum Gasteiger partial charge on any atom is -0.494 e.